The molecule has 0 amide bonds. The molecule has 1 fully saturated rings. The maximum Gasteiger partial charge on any atom is 0.203 e. The predicted octanol–water partition coefficient (Wildman–Crippen LogP) is 2.06. The molecule has 1 aliphatic rings. The lowest BCUT2D eigenvalue weighted by Gasteiger charge is -2.22. The molecule has 5 heteroatoms. The van der Waals surface area contributed by atoms with Gasteiger partial charge in [0.2, 0.25) is 5.75 Å². The molecule has 1 aromatic rings. The molecule has 2 rings (SSSR count). The molecule has 94 valence electrons. The maximum absolute atomic E-state index is 5.74. The molecule has 0 saturated heterocycles. The summed E-state index contributed by atoms with van der Waals surface area (Å²) in [6.07, 6.45) is 6.70. The van der Waals surface area contributed by atoms with Crippen LogP contribution in [-0.2, 0) is 0 Å². The smallest absolute Gasteiger partial charge is 0.203 e. The summed E-state index contributed by atoms with van der Waals surface area (Å²) in [5.41, 5.74) is 5.74. The van der Waals surface area contributed by atoms with Crippen LogP contribution < -0.4 is 15.8 Å². The summed E-state index contributed by atoms with van der Waals surface area (Å²) < 4.78 is 5.23. The van der Waals surface area contributed by atoms with Crippen molar-refractivity contribution in [2.24, 2.45) is 5.92 Å². The molecular formula is C12H20N4O. The molecule has 1 heterocycles. The average molecular weight is 236 g/mol. The van der Waals surface area contributed by atoms with Gasteiger partial charge in [-0.25, -0.2) is 9.97 Å². The quantitative estimate of drug-likeness (QED) is 0.837. The van der Waals surface area contributed by atoms with Crippen molar-refractivity contribution in [1.29, 1.82) is 0 Å². The van der Waals surface area contributed by atoms with Gasteiger partial charge in [-0.3, -0.25) is 0 Å². The van der Waals surface area contributed by atoms with Gasteiger partial charge in [-0.05, 0) is 25.7 Å². The number of hydrogen-bond donors (Lipinski definition) is 2. The van der Waals surface area contributed by atoms with Crippen molar-refractivity contribution in [1.82, 2.24) is 9.97 Å². The van der Waals surface area contributed by atoms with Gasteiger partial charge in [0.15, 0.2) is 11.6 Å². The molecule has 1 aliphatic carbocycles. The third-order valence-electron chi connectivity index (χ3n) is 3.51. The van der Waals surface area contributed by atoms with Crippen molar-refractivity contribution < 1.29 is 4.74 Å². The second kappa shape index (κ2) is 5.21. The molecule has 0 radical (unpaired) electrons. The first-order valence-electron chi connectivity index (χ1n) is 6.13. The predicted molar refractivity (Wildman–Crippen MR) is 68.0 cm³/mol. The third-order valence-corrected chi connectivity index (χ3v) is 3.51. The highest BCUT2D eigenvalue weighted by molar-refractivity contribution is 5.61. The first-order chi connectivity index (χ1) is 8.22. The Morgan fingerprint density at radius 2 is 2.12 bits per heavy atom. The van der Waals surface area contributed by atoms with Crippen molar-refractivity contribution in [2.75, 3.05) is 18.2 Å². The van der Waals surface area contributed by atoms with Gasteiger partial charge >= 0.3 is 0 Å². The topological polar surface area (TPSA) is 73.1 Å². The third kappa shape index (κ3) is 2.60. The molecule has 1 atom stereocenters. The van der Waals surface area contributed by atoms with Crippen LogP contribution in [0.2, 0.25) is 0 Å². The zero-order valence-corrected chi connectivity index (χ0v) is 10.4. The van der Waals surface area contributed by atoms with Gasteiger partial charge in [0, 0.05) is 6.04 Å². The largest absolute Gasteiger partial charge is 0.490 e. The van der Waals surface area contributed by atoms with E-state index in [2.05, 4.69) is 22.2 Å². The zero-order valence-electron chi connectivity index (χ0n) is 10.4. The summed E-state index contributed by atoms with van der Waals surface area (Å²) in [7, 11) is 1.58. The minimum absolute atomic E-state index is 0.378. The Hall–Kier alpha value is -1.52. The highest BCUT2D eigenvalue weighted by Crippen LogP contribution is 2.32. The molecule has 17 heavy (non-hydrogen) atoms. The number of nitrogen functional groups attached to an aromatic ring is 1. The van der Waals surface area contributed by atoms with E-state index in [0.717, 1.165) is 5.92 Å². The number of nitrogens with zero attached hydrogens (tertiary/aromatic N) is 2. The number of aromatic nitrogens is 2. The van der Waals surface area contributed by atoms with Crippen molar-refractivity contribution in [3.63, 3.8) is 0 Å². The molecule has 1 aromatic heterocycles. The highest BCUT2D eigenvalue weighted by atomic mass is 16.5. The van der Waals surface area contributed by atoms with E-state index in [1.165, 1.54) is 32.0 Å². The molecule has 0 spiro atoms. The van der Waals surface area contributed by atoms with Gasteiger partial charge in [0.1, 0.15) is 6.33 Å². The first-order valence-corrected chi connectivity index (χ1v) is 6.13. The van der Waals surface area contributed by atoms with Crippen LogP contribution in [0.5, 0.6) is 5.75 Å². The molecule has 0 aromatic carbocycles. The van der Waals surface area contributed by atoms with Crippen molar-refractivity contribution in [3.8, 4) is 5.75 Å². The number of anilines is 2. The summed E-state index contributed by atoms with van der Waals surface area (Å²) in [6.45, 7) is 2.19. The molecular weight excluding hydrogens is 216 g/mol. The number of nitrogens with one attached hydrogen (secondary N) is 1. The van der Waals surface area contributed by atoms with Crippen LogP contribution in [0.4, 0.5) is 11.6 Å². The van der Waals surface area contributed by atoms with E-state index in [4.69, 9.17) is 10.5 Å². The van der Waals surface area contributed by atoms with E-state index in [0.29, 0.717) is 23.4 Å². The Morgan fingerprint density at radius 1 is 1.41 bits per heavy atom. The zero-order chi connectivity index (χ0) is 12.3. The van der Waals surface area contributed by atoms with Gasteiger partial charge in [0.25, 0.3) is 0 Å². The number of hydrogen-bond acceptors (Lipinski definition) is 5. The van der Waals surface area contributed by atoms with Crippen LogP contribution in [0.15, 0.2) is 6.33 Å². The second-order valence-corrected chi connectivity index (χ2v) is 4.62. The molecule has 5 nitrogen and oxygen atoms in total. The van der Waals surface area contributed by atoms with E-state index in [1.807, 2.05) is 0 Å². The summed E-state index contributed by atoms with van der Waals surface area (Å²) in [6, 6.07) is 0.390. The standard InChI is InChI=1S/C12H20N4O/c1-8(9-5-3-4-6-9)16-12-10(17-2)11(13)14-7-15-12/h7-9H,3-6H2,1-2H3,(H3,13,14,15,16). The average Bonchev–Trinajstić information content (AvgIpc) is 2.82. The van der Waals surface area contributed by atoms with E-state index in [1.54, 1.807) is 7.11 Å². The van der Waals surface area contributed by atoms with Crippen LogP contribution in [0, 0.1) is 5.92 Å². The van der Waals surface area contributed by atoms with Gasteiger partial charge in [0.05, 0.1) is 7.11 Å². The summed E-state index contributed by atoms with van der Waals surface area (Å²) in [5.74, 6) is 2.33. The number of methoxy groups -OCH3 is 1. The lowest BCUT2D eigenvalue weighted by Crippen LogP contribution is -2.24. The summed E-state index contributed by atoms with van der Waals surface area (Å²) in [4.78, 5) is 8.11. The number of ether oxygens (including phenoxy) is 1. The lowest BCUT2D eigenvalue weighted by atomic mass is 10.00. The Morgan fingerprint density at radius 3 is 2.76 bits per heavy atom. The second-order valence-electron chi connectivity index (χ2n) is 4.62. The van der Waals surface area contributed by atoms with E-state index >= 15 is 0 Å². The van der Waals surface area contributed by atoms with Gasteiger partial charge < -0.3 is 15.8 Å². The normalized spacial score (nSPS) is 18.0. The first kappa shape index (κ1) is 12.0. The maximum atomic E-state index is 5.74. The SMILES string of the molecule is COc1c(N)ncnc1NC(C)C1CCCC1. The van der Waals surface area contributed by atoms with Gasteiger partial charge in [-0.15, -0.1) is 0 Å². The monoisotopic (exact) mass is 236 g/mol. The van der Waals surface area contributed by atoms with E-state index < -0.39 is 0 Å². The van der Waals surface area contributed by atoms with Crippen molar-refractivity contribution in [3.05, 3.63) is 6.33 Å². The molecule has 1 saturated carbocycles. The minimum Gasteiger partial charge on any atom is -0.490 e. The summed E-state index contributed by atoms with van der Waals surface area (Å²) in [5, 5.41) is 3.39. The van der Waals surface area contributed by atoms with Crippen LogP contribution in [0.1, 0.15) is 32.6 Å². The van der Waals surface area contributed by atoms with Crippen LogP contribution in [0.25, 0.3) is 0 Å². The minimum atomic E-state index is 0.378. The van der Waals surface area contributed by atoms with Crippen LogP contribution in [0.3, 0.4) is 0 Å². The Bertz CT molecular complexity index is 377. The van der Waals surface area contributed by atoms with E-state index in [-0.39, 0.29) is 0 Å². The van der Waals surface area contributed by atoms with Crippen molar-refractivity contribution in [2.45, 2.75) is 38.6 Å². The number of nitrogens with two attached hydrogens (primary N) is 1. The molecule has 0 bridgehead atoms. The summed E-state index contributed by atoms with van der Waals surface area (Å²) >= 11 is 0. The van der Waals surface area contributed by atoms with Crippen LogP contribution in [-0.4, -0.2) is 23.1 Å². The fourth-order valence-corrected chi connectivity index (χ4v) is 2.48. The fourth-order valence-electron chi connectivity index (χ4n) is 2.48. The Labute approximate surface area is 102 Å². The van der Waals surface area contributed by atoms with Crippen molar-refractivity contribution >= 4 is 11.6 Å². The van der Waals surface area contributed by atoms with Gasteiger partial charge in [-0.2, -0.15) is 0 Å². The molecule has 0 aliphatic heterocycles. The Balaban J connectivity index is 2.09. The molecule has 3 N–H and O–H groups in total. The van der Waals surface area contributed by atoms with E-state index in [9.17, 15) is 0 Å². The Kier molecular flexibility index (Phi) is 3.66. The fraction of sp³-hybridized carbons (Fsp3) is 0.667. The lowest BCUT2D eigenvalue weighted by molar-refractivity contribution is 0.412. The highest BCUT2D eigenvalue weighted by Gasteiger charge is 2.23. The van der Waals surface area contributed by atoms with Gasteiger partial charge in [-0.1, -0.05) is 12.8 Å². The van der Waals surface area contributed by atoms with Crippen LogP contribution >= 0.6 is 0 Å². The molecule has 1 unspecified atom stereocenters. The number of rotatable bonds is 4.